The fraction of sp³-hybridized carbons (Fsp3) is 0.143. The van der Waals surface area contributed by atoms with Gasteiger partial charge in [-0.15, -0.1) is 0 Å². The molecule has 1 aromatic heterocycles. The van der Waals surface area contributed by atoms with Gasteiger partial charge >= 0.3 is 5.97 Å². The molecular weight excluding hydrogens is 239 g/mol. The molecule has 0 fully saturated rings. The molecule has 7 heteroatoms. The molecule has 1 heterocycles. The van der Waals surface area contributed by atoms with Crippen LogP contribution in [0.5, 0.6) is 0 Å². The van der Waals surface area contributed by atoms with Crippen molar-refractivity contribution in [1.29, 1.82) is 0 Å². The highest BCUT2D eigenvalue weighted by Gasteiger charge is 2.24. The first-order valence-corrected chi connectivity index (χ1v) is 4.06. The number of hydrogen-bond donors (Lipinski definition) is 1. The van der Waals surface area contributed by atoms with Crippen molar-refractivity contribution in [3.63, 3.8) is 0 Å². The summed E-state index contributed by atoms with van der Waals surface area (Å²) < 4.78 is 24.8. The third kappa shape index (κ3) is 1.93. The molecule has 0 unspecified atom stereocenters. The molecule has 0 aliphatic rings. The van der Waals surface area contributed by atoms with Crippen molar-refractivity contribution in [2.45, 2.75) is 6.43 Å². The van der Waals surface area contributed by atoms with Gasteiger partial charge in [0.1, 0.15) is 0 Å². The highest BCUT2D eigenvalue weighted by molar-refractivity contribution is 6.42. The summed E-state index contributed by atoms with van der Waals surface area (Å²) in [6, 6.07) is 0. The number of aromatic nitrogens is 1. The van der Waals surface area contributed by atoms with Crippen LogP contribution >= 0.6 is 23.2 Å². The van der Waals surface area contributed by atoms with Gasteiger partial charge in [0, 0.05) is 6.20 Å². The quantitative estimate of drug-likeness (QED) is 0.866. The number of carbonyl (C=O) groups is 1. The van der Waals surface area contributed by atoms with E-state index in [9.17, 15) is 13.6 Å². The second-order valence-corrected chi connectivity index (χ2v) is 3.07. The zero-order valence-electron chi connectivity index (χ0n) is 6.47. The van der Waals surface area contributed by atoms with Gasteiger partial charge in [-0.1, -0.05) is 23.2 Å². The van der Waals surface area contributed by atoms with Crippen LogP contribution in [-0.4, -0.2) is 16.1 Å². The van der Waals surface area contributed by atoms with E-state index in [0.29, 0.717) is 0 Å². The van der Waals surface area contributed by atoms with Crippen molar-refractivity contribution < 1.29 is 18.7 Å². The highest BCUT2D eigenvalue weighted by Crippen LogP contribution is 2.33. The highest BCUT2D eigenvalue weighted by atomic mass is 35.5. The summed E-state index contributed by atoms with van der Waals surface area (Å²) in [6.45, 7) is 0. The number of pyridine rings is 1. The minimum Gasteiger partial charge on any atom is -0.476 e. The Morgan fingerprint density at radius 2 is 2.07 bits per heavy atom. The lowest BCUT2D eigenvalue weighted by atomic mass is 10.2. The zero-order valence-corrected chi connectivity index (χ0v) is 7.98. The van der Waals surface area contributed by atoms with Crippen LogP contribution in [0.25, 0.3) is 0 Å². The lowest BCUT2D eigenvalue weighted by Crippen LogP contribution is -2.07. The molecule has 0 spiro atoms. The molecule has 0 aliphatic heterocycles. The smallest absolute Gasteiger partial charge is 0.355 e. The number of carboxylic acids is 1. The van der Waals surface area contributed by atoms with Gasteiger partial charge in [0.05, 0.1) is 15.6 Å². The summed E-state index contributed by atoms with van der Waals surface area (Å²) in [7, 11) is 0. The number of aromatic carboxylic acids is 1. The van der Waals surface area contributed by atoms with Crippen LogP contribution < -0.4 is 0 Å². The predicted molar refractivity (Wildman–Crippen MR) is 46.2 cm³/mol. The monoisotopic (exact) mass is 241 g/mol. The fourth-order valence-corrected chi connectivity index (χ4v) is 1.22. The first-order chi connectivity index (χ1) is 6.45. The van der Waals surface area contributed by atoms with Crippen LogP contribution in [0.4, 0.5) is 8.78 Å². The van der Waals surface area contributed by atoms with Crippen molar-refractivity contribution >= 4 is 29.2 Å². The number of hydrogen-bond acceptors (Lipinski definition) is 2. The maximum Gasteiger partial charge on any atom is 0.355 e. The van der Waals surface area contributed by atoms with Crippen molar-refractivity contribution in [3.8, 4) is 0 Å². The Hall–Kier alpha value is -0.940. The molecule has 0 radical (unpaired) electrons. The van der Waals surface area contributed by atoms with E-state index in [2.05, 4.69) is 4.98 Å². The molecule has 1 N–H and O–H groups in total. The van der Waals surface area contributed by atoms with Gasteiger partial charge in [0.2, 0.25) is 0 Å². The summed E-state index contributed by atoms with van der Waals surface area (Å²) in [4.78, 5) is 13.8. The Morgan fingerprint density at radius 1 is 1.50 bits per heavy atom. The molecule has 76 valence electrons. The van der Waals surface area contributed by atoms with Crippen molar-refractivity contribution in [2.75, 3.05) is 0 Å². The number of carboxylic acid groups (broad SMARTS) is 1. The Kier molecular flexibility index (Phi) is 3.23. The molecule has 0 bridgehead atoms. The van der Waals surface area contributed by atoms with Crippen LogP contribution in [0.2, 0.25) is 10.0 Å². The first kappa shape index (κ1) is 11.1. The topological polar surface area (TPSA) is 50.2 Å². The maximum atomic E-state index is 12.4. The van der Waals surface area contributed by atoms with E-state index >= 15 is 0 Å². The van der Waals surface area contributed by atoms with Gasteiger partial charge in [0.25, 0.3) is 6.43 Å². The number of rotatable bonds is 2. The molecule has 1 rings (SSSR count). The standard InChI is InChI=1S/C7H3Cl2F2NO2/c8-2-1-12-5(7(13)14)3(4(2)9)6(10)11/h1,6H,(H,13,14). The third-order valence-corrected chi connectivity index (χ3v) is 2.22. The Bertz CT molecular complexity index is 384. The molecular formula is C7H3Cl2F2NO2. The number of alkyl halides is 2. The normalized spacial score (nSPS) is 10.6. The van der Waals surface area contributed by atoms with E-state index < -0.39 is 28.7 Å². The third-order valence-electron chi connectivity index (χ3n) is 1.43. The van der Waals surface area contributed by atoms with Crippen molar-refractivity contribution in [1.82, 2.24) is 4.98 Å². The molecule has 0 saturated heterocycles. The number of halogens is 4. The predicted octanol–water partition coefficient (Wildman–Crippen LogP) is 3.02. The molecule has 14 heavy (non-hydrogen) atoms. The second kappa shape index (κ2) is 4.06. The van der Waals surface area contributed by atoms with Crippen LogP contribution in [0.3, 0.4) is 0 Å². The van der Waals surface area contributed by atoms with Gasteiger partial charge in [-0.3, -0.25) is 0 Å². The van der Waals surface area contributed by atoms with Crippen LogP contribution in [0.1, 0.15) is 22.5 Å². The SMILES string of the molecule is O=C(O)c1ncc(Cl)c(Cl)c1C(F)F. The molecule has 0 aromatic carbocycles. The van der Waals surface area contributed by atoms with E-state index in [4.69, 9.17) is 28.3 Å². The first-order valence-electron chi connectivity index (χ1n) is 3.30. The molecule has 0 saturated carbocycles. The van der Waals surface area contributed by atoms with Crippen LogP contribution in [0.15, 0.2) is 6.20 Å². The zero-order chi connectivity index (χ0) is 10.9. The van der Waals surface area contributed by atoms with Crippen molar-refractivity contribution in [2.24, 2.45) is 0 Å². The van der Waals surface area contributed by atoms with E-state index in [-0.39, 0.29) is 5.02 Å². The van der Waals surface area contributed by atoms with Crippen LogP contribution in [0, 0.1) is 0 Å². The lowest BCUT2D eigenvalue weighted by Gasteiger charge is -2.07. The van der Waals surface area contributed by atoms with E-state index in [1.165, 1.54) is 0 Å². The van der Waals surface area contributed by atoms with Gasteiger partial charge in [0.15, 0.2) is 5.69 Å². The average molecular weight is 242 g/mol. The Balaban J connectivity index is 3.45. The van der Waals surface area contributed by atoms with E-state index in [0.717, 1.165) is 6.20 Å². The second-order valence-electron chi connectivity index (χ2n) is 2.29. The average Bonchev–Trinajstić information content (AvgIpc) is 2.08. The molecule has 0 atom stereocenters. The van der Waals surface area contributed by atoms with E-state index in [1.807, 2.05) is 0 Å². The summed E-state index contributed by atoms with van der Waals surface area (Å²) >= 11 is 10.8. The Morgan fingerprint density at radius 3 is 2.50 bits per heavy atom. The largest absolute Gasteiger partial charge is 0.476 e. The maximum absolute atomic E-state index is 12.4. The molecule has 0 amide bonds. The van der Waals surface area contributed by atoms with Gasteiger partial charge in [-0.25, -0.2) is 18.6 Å². The van der Waals surface area contributed by atoms with Crippen molar-refractivity contribution in [3.05, 3.63) is 27.5 Å². The lowest BCUT2D eigenvalue weighted by molar-refractivity contribution is 0.0677. The molecule has 0 aliphatic carbocycles. The summed E-state index contributed by atoms with van der Waals surface area (Å²) in [5, 5.41) is 7.85. The fourth-order valence-electron chi connectivity index (χ4n) is 0.850. The minimum absolute atomic E-state index is 0.202. The molecule has 3 nitrogen and oxygen atoms in total. The minimum atomic E-state index is -3.03. The summed E-state index contributed by atoms with van der Waals surface area (Å²) in [5.74, 6) is -1.57. The van der Waals surface area contributed by atoms with Crippen LogP contribution in [-0.2, 0) is 0 Å². The summed E-state index contributed by atoms with van der Waals surface area (Å²) in [5.41, 5.74) is -1.64. The summed E-state index contributed by atoms with van der Waals surface area (Å²) in [6.07, 6.45) is -2.11. The Labute approximate surface area is 87.3 Å². The van der Waals surface area contributed by atoms with Gasteiger partial charge in [-0.2, -0.15) is 0 Å². The van der Waals surface area contributed by atoms with Gasteiger partial charge < -0.3 is 5.11 Å². The van der Waals surface area contributed by atoms with Gasteiger partial charge in [-0.05, 0) is 0 Å². The number of nitrogens with zero attached hydrogens (tertiary/aromatic N) is 1. The van der Waals surface area contributed by atoms with E-state index in [1.54, 1.807) is 0 Å². The molecule has 1 aromatic rings.